The summed E-state index contributed by atoms with van der Waals surface area (Å²) in [5.74, 6) is 1.05. The van der Waals surface area contributed by atoms with Crippen LogP contribution < -0.4 is 10.1 Å². The number of aromatic nitrogens is 3. The molecule has 0 radical (unpaired) electrons. The average molecular weight is 374 g/mol. The summed E-state index contributed by atoms with van der Waals surface area (Å²) >= 11 is 3.01. The molecule has 0 aliphatic heterocycles. The van der Waals surface area contributed by atoms with Gasteiger partial charge < -0.3 is 10.1 Å². The number of methoxy groups -OCH3 is 1. The quantitative estimate of drug-likeness (QED) is 0.644. The van der Waals surface area contributed by atoms with E-state index in [1.807, 2.05) is 41.1 Å². The first-order valence-corrected chi connectivity index (χ1v) is 9.51. The monoisotopic (exact) mass is 374 g/mol. The number of benzene rings is 1. The van der Waals surface area contributed by atoms with Gasteiger partial charge in [0.15, 0.2) is 5.16 Å². The van der Waals surface area contributed by atoms with Gasteiger partial charge in [0.1, 0.15) is 12.1 Å². The summed E-state index contributed by atoms with van der Waals surface area (Å²) in [6.07, 6.45) is 1.64. The second kappa shape index (κ2) is 8.17. The number of thioether (sulfide) groups is 1. The Bertz CT molecular complexity index is 842. The number of carbonyl (C=O) groups is 1. The van der Waals surface area contributed by atoms with Crippen LogP contribution in [0.15, 0.2) is 47.2 Å². The first-order chi connectivity index (χ1) is 12.2. The van der Waals surface area contributed by atoms with Crippen molar-refractivity contribution < 1.29 is 9.53 Å². The van der Waals surface area contributed by atoms with Crippen molar-refractivity contribution in [3.63, 3.8) is 0 Å². The number of hydrogen-bond donors (Lipinski definition) is 1. The molecule has 0 aliphatic carbocycles. The minimum Gasteiger partial charge on any atom is -0.497 e. The lowest BCUT2D eigenvalue weighted by Gasteiger charge is -2.08. The lowest BCUT2D eigenvalue weighted by atomic mass is 10.3. The van der Waals surface area contributed by atoms with Crippen LogP contribution in [0, 0.1) is 6.92 Å². The van der Waals surface area contributed by atoms with E-state index in [1.165, 1.54) is 22.2 Å². The van der Waals surface area contributed by atoms with Crippen molar-refractivity contribution in [2.24, 2.45) is 0 Å². The maximum absolute atomic E-state index is 12.1. The van der Waals surface area contributed by atoms with E-state index in [2.05, 4.69) is 21.6 Å². The molecule has 0 spiro atoms. The number of ether oxygens (including phenoxy) is 1. The van der Waals surface area contributed by atoms with Crippen molar-refractivity contribution in [2.45, 2.75) is 18.6 Å². The minimum absolute atomic E-state index is 0.0259. The highest BCUT2D eigenvalue weighted by molar-refractivity contribution is 7.99. The van der Waals surface area contributed by atoms with E-state index in [-0.39, 0.29) is 5.91 Å². The smallest absolute Gasteiger partial charge is 0.230 e. The second-order valence-corrected chi connectivity index (χ2v) is 7.22. The molecule has 25 heavy (non-hydrogen) atoms. The van der Waals surface area contributed by atoms with Crippen LogP contribution in [0.1, 0.15) is 10.4 Å². The summed E-state index contributed by atoms with van der Waals surface area (Å²) in [4.78, 5) is 13.3. The van der Waals surface area contributed by atoms with Crippen LogP contribution in [0.5, 0.6) is 5.75 Å². The molecule has 8 heteroatoms. The molecule has 3 aromatic rings. The lowest BCUT2D eigenvalue weighted by Crippen LogP contribution is -2.24. The third-order valence-corrected chi connectivity index (χ3v) is 5.58. The van der Waals surface area contributed by atoms with E-state index >= 15 is 0 Å². The number of nitrogens with one attached hydrogen (secondary N) is 1. The van der Waals surface area contributed by atoms with Gasteiger partial charge in [0.2, 0.25) is 5.91 Å². The number of hydrogen-bond acceptors (Lipinski definition) is 6. The van der Waals surface area contributed by atoms with Gasteiger partial charge in [0, 0.05) is 10.6 Å². The molecule has 6 nitrogen and oxygen atoms in total. The van der Waals surface area contributed by atoms with E-state index in [1.54, 1.807) is 24.8 Å². The molecule has 1 amide bonds. The maximum atomic E-state index is 12.1. The molecule has 0 saturated heterocycles. The summed E-state index contributed by atoms with van der Waals surface area (Å²) in [5.41, 5.74) is 2.13. The SMILES string of the molecule is COc1ccc(-n2cnnc2SCC(=O)NCc2sccc2C)cc1. The van der Waals surface area contributed by atoms with Crippen LogP contribution in [0.2, 0.25) is 0 Å². The molecule has 130 valence electrons. The van der Waals surface area contributed by atoms with Crippen LogP contribution >= 0.6 is 23.1 Å². The third kappa shape index (κ3) is 4.40. The van der Waals surface area contributed by atoms with Crippen molar-refractivity contribution in [1.82, 2.24) is 20.1 Å². The fourth-order valence-electron chi connectivity index (χ4n) is 2.19. The summed E-state index contributed by atoms with van der Waals surface area (Å²) in [5, 5.41) is 13.7. The Balaban J connectivity index is 1.57. The molecule has 1 aromatic carbocycles. The first kappa shape index (κ1) is 17.5. The van der Waals surface area contributed by atoms with Gasteiger partial charge in [-0.05, 0) is 48.2 Å². The second-order valence-electron chi connectivity index (χ2n) is 5.27. The molecule has 3 rings (SSSR count). The van der Waals surface area contributed by atoms with Gasteiger partial charge in [0.25, 0.3) is 0 Å². The largest absolute Gasteiger partial charge is 0.497 e. The molecular formula is C17H18N4O2S2. The Morgan fingerprint density at radius 3 is 2.80 bits per heavy atom. The Labute approximate surface area is 154 Å². The third-order valence-electron chi connectivity index (χ3n) is 3.61. The number of carbonyl (C=O) groups excluding carboxylic acids is 1. The molecule has 0 bridgehead atoms. The van der Waals surface area contributed by atoms with Crippen LogP contribution in [0.3, 0.4) is 0 Å². The number of thiophene rings is 1. The predicted octanol–water partition coefficient (Wildman–Crippen LogP) is 3.05. The predicted molar refractivity (Wildman–Crippen MR) is 99.5 cm³/mol. The van der Waals surface area contributed by atoms with Gasteiger partial charge in [-0.1, -0.05) is 11.8 Å². The molecule has 1 N–H and O–H groups in total. The van der Waals surface area contributed by atoms with Gasteiger partial charge in [-0.3, -0.25) is 9.36 Å². The van der Waals surface area contributed by atoms with Crippen molar-refractivity contribution in [2.75, 3.05) is 12.9 Å². The maximum Gasteiger partial charge on any atom is 0.230 e. The average Bonchev–Trinajstić information content (AvgIpc) is 3.27. The number of rotatable bonds is 7. The Kier molecular flexibility index (Phi) is 5.72. The first-order valence-electron chi connectivity index (χ1n) is 7.64. The Morgan fingerprint density at radius 2 is 2.12 bits per heavy atom. The fraction of sp³-hybridized carbons (Fsp3) is 0.235. The number of nitrogens with zero attached hydrogens (tertiary/aromatic N) is 3. The van der Waals surface area contributed by atoms with Gasteiger partial charge in [-0.15, -0.1) is 21.5 Å². The van der Waals surface area contributed by atoms with E-state index in [0.717, 1.165) is 11.4 Å². The summed E-state index contributed by atoms with van der Waals surface area (Å²) < 4.78 is 7.01. The Hall–Kier alpha value is -2.32. The van der Waals surface area contributed by atoms with Crippen molar-refractivity contribution in [3.8, 4) is 11.4 Å². The molecule has 0 unspecified atom stereocenters. The zero-order valence-corrected chi connectivity index (χ0v) is 15.6. The van der Waals surface area contributed by atoms with E-state index in [9.17, 15) is 4.79 Å². The van der Waals surface area contributed by atoms with Gasteiger partial charge in [0.05, 0.1) is 19.4 Å². The lowest BCUT2D eigenvalue weighted by molar-refractivity contribution is -0.118. The fourth-order valence-corrected chi connectivity index (χ4v) is 3.79. The zero-order valence-electron chi connectivity index (χ0n) is 13.9. The van der Waals surface area contributed by atoms with Gasteiger partial charge >= 0.3 is 0 Å². The highest BCUT2D eigenvalue weighted by atomic mass is 32.2. The van der Waals surface area contributed by atoms with Crippen LogP contribution in [-0.2, 0) is 11.3 Å². The minimum atomic E-state index is -0.0259. The van der Waals surface area contributed by atoms with E-state index < -0.39 is 0 Å². The Morgan fingerprint density at radius 1 is 1.32 bits per heavy atom. The van der Waals surface area contributed by atoms with Gasteiger partial charge in [-0.2, -0.15) is 0 Å². The van der Waals surface area contributed by atoms with Crippen molar-refractivity contribution in [3.05, 3.63) is 52.5 Å². The molecule has 2 heterocycles. The van der Waals surface area contributed by atoms with E-state index in [4.69, 9.17) is 4.74 Å². The van der Waals surface area contributed by atoms with Crippen LogP contribution in [-0.4, -0.2) is 33.5 Å². The van der Waals surface area contributed by atoms with Crippen molar-refractivity contribution in [1.29, 1.82) is 0 Å². The summed E-state index contributed by atoms with van der Waals surface area (Å²) in [6.45, 7) is 2.61. The zero-order chi connectivity index (χ0) is 17.6. The summed E-state index contributed by atoms with van der Waals surface area (Å²) in [7, 11) is 1.63. The topological polar surface area (TPSA) is 69.0 Å². The molecule has 0 atom stereocenters. The highest BCUT2D eigenvalue weighted by Crippen LogP contribution is 2.21. The standard InChI is InChI=1S/C17H18N4O2S2/c1-12-7-8-24-15(12)9-18-16(22)10-25-17-20-19-11-21(17)13-3-5-14(23-2)6-4-13/h3-8,11H,9-10H2,1-2H3,(H,18,22). The molecule has 0 saturated carbocycles. The van der Waals surface area contributed by atoms with E-state index in [0.29, 0.717) is 17.5 Å². The van der Waals surface area contributed by atoms with Crippen molar-refractivity contribution >= 4 is 29.0 Å². The normalized spacial score (nSPS) is 10.6. The molecular weight excluding hydrogens is 356 g/mol. The number of amides is 1. The molecule has 0 aliphatic rings. The van der Waals surface area contributed by atoms with Crippen LogP contribution in [0.4, 0.5) is 0 Å². The summed E-state index contributed by atoms with van der Waals surface area (Å²) in [6, 6.07) is 9.65. The van der Waals surface area contributed by atoms with Crippen LogP contribution in [0.25, 0.3) is 5.69 Å². The highest BCUT2D eigenvalue weighted by Gasteiger charge is 2.11. The van der Waals surface area contributed by atoms with Gasteiger partial charge in [-0.25, -0.2) is 0 Å². The molecule has 0 fully saturated rings. The number of aryl methyl sites for hydroxylation is 1. The molecule has 2 aromatic heterocycles.